The summed E-state index contributed by atoms with van der Waals surface area (Å²) >= 11 is 1.11. The number of halogens is 2. The summed E-state index contributed by atoms with van der Waals surface area (Å²) in [5.41, 5.74) is 5.50. The van der Waals surface area contributed by atoms with Crippen LogP contribution in [0.25, 0.3) is 0 Å². The van der Waals surface area contributed by atoms with Crippen molar-refractivity contribution >= 4 is 28.1 Å². The van der Waals surface area contributed by atoms with Gasteiger partial charge in [-0.05, 0) is 12.1 Å². The van der Waals surface area contributed by atoms with Gasteiger partial charge in [-0.1, -0.05) is 0 Å². The first-order valence-corrected chi connectivity index (χ1v) is 5.41. The highest BCUT2D eigenvalue weighted by atomic mass is 32.1. The highest BCUT2D eigenvalue weighted by Gasteiger charge is 2.11. The molecule has 2 rings (SSSR count). The first-order valence-electron chi connectivity index (χ1n) is 4.53. The minimum absolute atomic E-state index is 0.0269. The van der Waals surface area contributed by atoms with Crippen molar-refractivity contribution in [2.75, 3.05) is 11.1 Å². The summed E-state index contributed by atoms with van der Waals surface area (Å²) in [6, 6.07) is 2.74. The number of hydrogen-bond acceptors (Lipinski definition) is 4. The Balaban J connectivity index is 2.18. The maximum absolute atomic E-state index is 12.9. The Labute approximate surface area is 99.1 Å². The number of amides is 1. The Bertz CT molecular complexity index is 550. The van der Waals surface area contributed by atoms with E-state index in [1.165, 1.54) is 5.38 Å². The minimum Gasteiger partial charge on any atom is -0.375 e. The van der Waals surface area contributed by atoms with E-state index in [-0.39, 0.29) is 16.5 Å². The number of hydrogen-bond donors (Lipinski definition) is 2. The highest BCUT2D eigenvalue weighted by Crippen LogP contribution is 2.16. The SMILES string of the molecule is Nc1nc(C(=O)Nc2cc(F)cc(F)c2)cs1. The molecule has 0 spiro atoms. The molecule has 0 fully saturated rings. The van der Waals surface area contributed by atoms with Gasteiger partial charge in [0.2, 0.25) is 0 Å². The van der Waals surface area contributed by atoms with E-state index >= 15 is 0 Å². The molecule has 0 bridgehead atoms. The van der Waals surface area contributed by atoms with E-state index in [2.05, 4.69) is 10.3 Å². The van der Waals surface area contributed by atoms with Gasteiger partial charge in [-0.3, -0.25) is 4.79 Å². The molecule has 1 heterocycles. The number of aromatic nitrogens is 1. The number of nitrogens with one attached hydrogen (secondary N) is 1. The standard InChI is InChI=1S/C10H7F2N3OS/c11-5-1-6(12)3-7(2-5)14-9(16)8-4-17-10(13)15-8/h1-4H,(H2,13,15)(H,14,16). The van der Waals surface area contributed by atoms with Crippen LogP contribution in [-0.4, -0.2) is 10.9 Å². The Morgan fingerprint density at radius 1 is 1.29 bits per heavy atom. The largest absolute Gasteiger partial charge is 0.375 e. The Hall–Kier alpha value is -2.02. The summed E-state index contributed by atoms with van der Waals surface area (Å²) in [5, 5.41) is 4.03. The van der Waals surface area contributed by atoms with Gasteiger partial charge >= 0.3 is 0 Å². The monoisotopic (exact) mass is 255 g/mol. The van der Waals surface area contributed by atoms with Crippen molar-refractivity contribution in [2.45, 2.75) is 0 Å². The fourth-order valence-electron chi connectivity index (χ4n) is 1.21. The van der Waals surface area contributed by atoms with Gasteiger partial charge in [0.15, 0.2) is 5.13 Å². The molecule has 3 N–H and O–H groups in total. The Kier molecular flexibility index (Phi) is 3.01. The number of thiazole rings is 1. The van der Waals surface area contributed by atoms with Crippen LogP contribution < -0.4 is 11.1 Å². The zero-order chi connectivity index (χ0) is 12.4. The third-order valence-electron chi connectivity index (χ3n) is 1.88. The summed E-state index contributed by atoms with van der Waals surface area (Å²) in [4.78, 5) is 15.3. The lowest BCUT2D eigenvalue weighted by Crippen LogP contribution is -2.12. The molecule has 17 heavy (non-hydrogen) atoms. The van der Waals surface area contributed by atoms with Crippen LogP contribution in [0.2, 0.25) is 0 Å². The topological polar surface area (TPSA) is 68.0 Å². The molecule has 0 aliphatic rings. The van der Waals surface area contributed by atoms with Crippen molar-refractivity contribution in [3.63, 3.8) is 0 Å². The zero-order valence-electron chi connectivity index (χ0n) is 8.41. The van der Waals surface area contributed by atoms with Crippen molar-refractivity contribution in [3.05, 3.63) is 40.9 Å². The minimum atomic E-state index is -0.766. The van der Waals surface area contributed by atoms with Gasteiger partial charge in [-0.25, -0.2) is 13.8 Å². The molecule has 0 aliphatic carbocycles. The number of carbonyl (C=O) groups is 1. The molecule has 0 atom stereocenters. The quantitative estimate of drug-likeness (QED) is 0.864. The second-order valence-corrected chi connectivity index (χ2v) is 4.07. The molecule has 1 aromatic heterocycles. The van der Waals surface area contributed by atoms with Crippen LogP contribution >= 0.6 is 11.3 Å². The van der Waals surface area contributed by atoms with Gasteiger partial charge in [0.25, 0.3) is 5.91 Å². The second kappa shape index (κ2) is 4.46. The van der Waals surface area contributed by atoms with Crippen LogP contribution in [0.4, 0.5) is 19.6 Å². The number of nitrogen functional groups attached to an aromatic ring is 1. The van der Waals surface area contributed by atoms with Crippen molar-refractivity contribution in [3.8, 4) is 0 Å². The average molecular weight is 255 g/mol. The van der Waals surface area contributed by atoms with Crippen molar-refractivity contribution in [1.29, 1.82) is 0 Å². The molecule has 0 saturated heterocycles. The van der Waals surface area contributed by atoms with E-state index in [0.717, 1.165) is 29.5 Å². The maximum atomic E-state index is 12.9. The van der Waals surface area contributed by atoms with Crippen LogP contribution in [-0.2, 0) is 0 Å². The van der Waals surface area contributed by atoms with E-state index in [1.807, 2.05) is 0 Å². The van der Waals surface area contributed by atoms with Crippen LogP contribution in [0, 0.1) is 11.6 Å². The molecule has 88 valence electrons. The predicted octanol–water partition coefficient (Wildman–Crippen LogP) is 2.26. The van der Waals surface area contributed by atoms with E-state index in [9.17, 15) is 13.6 Å². The van der Waals surface area contributed by atoms with E-state index < -0.39 is 17.5 Å². The smallest absolute Gasteiger partial charge is 0.275 e. The first kappa shape index (κ1) is 11.5. The third kappa shape index (κ3) is 2.76. The number of rotatable bonds is 2. The van der Waals surface area contributed by atoms with Crippen molar-refractivity contribution < 1.29 is 13.6 Å². The lowest BCUT2D eigenvalue weighted by Gasteiger charge is -2.03. The van der Waals surface area contributed by atoms with Gasteiger partial charge in [-0.15, -0.1) is 11.3 Å². The number of nitrogens with zero attached hydrogens (tertiary/aromatic N) is 1. The molecular weight excluding hydrogens is 248 g/mol. The van der Waals surface area contributed by atoms with Gasteiger partial charge < -0.3 is 11.1 Å². The second-order valence-electron chi connectivity index (χ2n) is 3.18. The molecule has 4 nitrogen and oxygen atoms in total. The van der Waals surface area contributed by atoms with Crippen molar-refractivity contribution in [2.24, 2.45) is 0 Å². The van der Waals surface area contributed by atoms with Gasteiger partial charge in [0.1, 0.15) is 17.3 Å². The van der Waals surface area contributed by atoms with Crippen LogP contribution in [0.3, 0.4) is 0 Å². The summed E-state index contributed by atoms with van der Waals surface area (Å²) in [6.45, 7) is 0. The summed E-state index contributed by atoms with van der Waals surface area (Å²) in [5.74, 6) is -2.10. The summed E-state index contributed by atoms with van der Waals surface area (Å²) in [7, 11) is 0. The van der Waals surface area contributed by atoms with Gasteiger partial charge in [0, 0.05) is 17.1 Å². The normalized spacial score (nSPS) is 10.2. The lowest BCUT2D eigenvalue weighted by atomic mass is 10.3. The molecule has 1 aromatic carbocycles. The fourth-order valence-corrected chi connectivity index (χ4v) is 1.76. The molecule has 0 aliphatic heterocycles. The number of benzene rings is 1. The molecule has 1 amide bonds. The predicted molar refractivity (Wildman–Crippen MR) is 60.8 cm³/mol. The third-order valence-corrected chi connectivity index (χ3v) is 2.55. The first-order chi connectivity index (χ1) is 8.04. The molecule has 0 radical (unpaired) electrons. The zero-order valence-corrected chi connectivity index (χ0v) is 9.22. The number of nitrogens with two attached hydrogens (primary N) is 1. The molecule has 0 saturated carbocycles. The van der Waals surface area contributed by atoms with Crippen LogP contribution in [0.15, 0.2) is 23.6 Å². The summed E-state index contributed by atoms with van der Waals surface area (Å²) < 4.78 is 25.7. The lowest BCUT2D eigenvalue weighted by molar-refractivity contribution is 0.102. The number of anilines is 2. The number of carbonyl (C=O) groups excluding carboxylic acids is 1. The Morgan fingerprint density at radius 2 is 1.94 bits per heavy atom. The fraction of sp³-hybridized carbons (Fsp3) is 0. The molecule has 2 aromatic rings. The van der Waals surface area contributed by atoms with Crippen molar-refractivity contribution in [1.82, 2.24) is 4.98 Å². The van der Waals surface area contributed by atoms with E-state index in [0.29, 0.717) is 0 Å². The molecular formula is C10H7F2N3OS. The maximum Gasteiger partial charge on any atom is 0.275 e. The van der Waals surface area contributed by atoms with Gasteiger partial charge in [0.05, 0.1) is 0 Å². The highest BCUT2D eigenvalue weighted by molar-refractivity contribution is 7.13. The average Bonchev–Trinajstić information content (AvgIpc) is 2.63. The van der Waals surface area contributed by atoms with Crippen LogP contribution in [0.1, 0.15) is 10.5 Å². The molecule has 0 unspecified atom stereocenters. The molecule has 7 heteroatoms. The summed E-state index contributed by atoms with van der Waals surface area (Å²) in [6.07, 6.45) is 0. The Morgan fingerprint density at radius 3 is 2.47 bits per heavy atom. The van der Waals surface area contributed by atoms with E-state index in [1.54, 1.807) is 0 Å². The van der Waals surface area contributed by atoms with E-state index in [4.69, 9.17) is 5.73 Å². The van der Waals surface area contributed by atoms with Crippen LogP contribution in [0.5, 0.6) is 0 Å². The van der Waals surface area contributed by atoms with Gasteiger partial charge in [-0.2, -0.15) is 0 Å².